The Labute approximate surface area is 282 Å². The smallest absolute Gasteiger partial charge is 0.0619 e. The Morgan fingerprint density at radius 3 is 2.04 bits per heavy atom. The van der Waals surface area contributed by atoms with Crippen LogP contribution in [0.15, 0.2) is 170 Å². The van der Waals surface area contributed by atoms with Crippen molar-refractivity contribution < 1.29 is 0 Å². The van der Waals surface area contributed by atoms with Crippen molar-refractivity contribution in [2.75, 3.05) is 11.9 Å². The van der Waals surface area contributed by atoms with Crippen LogP contribution in [0.3, 0.4) is 0 Å². The third-order valence-electron chi connectivity index (χ3n) is 10.3. The van der Waals surface area contributed by atoms with E-state index in [1.807, 2.05) is 0 Å². The molecule has 1 aliphatic carbocycles. The Kier molecular flexibility index (Phi) is 6.94. The molecule has 0 amide bonds. The minimum atomic E-state index is 0.376. The molecule has 1 aliphatic rings. The predicted octanol–water partition coefficient (Wildman–Crippen LogP) is 12.0. The summed E-state index contributed by atoms with van der Waals surface area (Å²) >= 11 is 0. The van der Waals surface area contributed by atoms with Crippen molar-refractivity contribution in [3.8, 4) is 27.9 Å². The maximum absolute atomic E-state index is 2.41. The van der Waals surface area contributed by atoms with Gasteiger partial charge in [-0.1, -0.05) is 127 Å². The third kappa shape index (κ3) is 4.72. The second-order valence-corrected chi connectivity index (χ2v) is 12.9. The molecule has 230 valence electrons. The number of hydrogen-bond donors (Lipinski definition) is 0. The van der Waals surface area contributed by atoms with Crippen LogP contribution in [0.1, 0.15) is 29.0 Å². The summed E-state index contributed by atoms with van der Waals surface area (Å²) in [4.78, 5) is 2.32. The van der Waals surface area contributed by atoms with E-state index in [2.05, 4.69) is 186 Å². The molecule has 48 heavy (non-hydrogen) atoms. The normalized spacial score (nSPS) is 14.0. The van der Waals surface area contributed by atoms with Crippen molar-refractivity contribution in [1.82, 2.24) is 4.57 Å². The molecule has 8 aromatic rings. The Bertz CT molecular complexity index is 2400. The molecule has 0 saturated carbocycles. The molecule has 0 fully saturated rings. The second-order valence-electron chi connectivity index (χ2n) is 12.9. The summed E-state index contributed by atoms with van der Waals surface area (Å²) in [5, 5.41) is 2.54. The van der Waals surface area contributed by atoms with Gasteiger partial charge in [0, 0.05) is 46.4 Å². The molecule has 2 nitrogen and oxygen atoms in total. The quantitative estimate of drug-likeness (QED) is 0.187. The summed E-state index contributed by atoms with van der Waals surface area (Å²) in [6.45, 7) is 0. The van der Waals surface area contributed by atoms with Crippen molar-refractivity contribution >= 4 is 33.2 Å². The predicted molar refractivity (Wildman–Crippen MR) is 203 cm³/mol. The van der Waals surface area contributed by atoms with E-state index in [9.17, 15) is 0 Å². The number of rotatable bonds is 5. The van der Waals surface area contributed by atoms with Crippen molar-refractivity contribution in [2.45, 2.75) is 18.8 Å². The molecule has 9 rings (SSSR count). The molecular weight excluding hydrogens is 581 g/mol. The van der Waals surface area contributed by atoms with Crippen LogP contribution in [0.2, 0.25) is 0 Å². The van der Waals surface area contributed by atoms with Crippen LogP contribution in [-0.2, 0) is 6.42 Å². The fourth-order valence-electron chi connectivity index (χ4n) is 7.89. The molecule has 1 heterocycles. The number of hydrogen-bond acceptors (Lipinski definition) is 1. The van der Waals surface area contributed by atoms with Crippen molar-refractivity contribution in [2.24, 2.45) is 0 Å². The fourth-order valence-corrected chi connectivity index (χ4v) is 7.89. The van der Waals surface area contributed by atoms with Crippen LogP contribution < -0.4 is 4.90 Å². The Morgan fingerprint density at radius 2 is 1.21 bits per heavy atom. The van der Waals surface area contributed by atoms with Gasteiger partial charge in [-0.3, -0.25) is 0 Å². The number of nitrogens with zero attached hydrogens (tertiary/aromatic N) is 2. The van der Waals surface area contributed by atoms with Crippen LogP contribution in [0.5, 0.6) is 0 Å². The molecule has 1 aromatic heterocycles. The molecular formula is C46H36N2. The summed E-state index contributed by atoms with van der Waals surface area (Å²) in [6, 6.07) is 62.3. The minimum absolute atomic E-state index is 0.376. The lowest BCUT2D eigenvalue weighted by Gasteiger charge is -2.24. The Morgan fingerprint density at radius 1 is 0.542 bits per heavy atom. The standard InChI is InChI=1S/C46H36N2/c1-47(37-28-30-41-39(32-13-4-2-5-14-32)29-25-33-15-8-9-18-38(33)44(41)31-37)35-26-23-34(24-27-35)40-20-12-21-43-42-19-10-11-22-45(42)48(46(40)43)36-16-6-3-7-17-36/h2-24,26-28,30-31,39H,25,29H2,1H3. The number of anilines is 2. The number of aromatic nitrogens is 1. The van der Waals surface area contributed by atoms with E-state index in [-0.39, 0.29) is 0 Å². The second kappa shape index (κ2) is 11.7. The summed E-state index contributed by atoms with van der Waals surface area (Å²) in [7, 11) is 2.18. The maximum atomic E-state index is 2.41. The highest BCUT2D eigenvalue weighted by Crippen LogP contribution is 2.44. The van der Waals surface area contributed by atoms with E-state index in [1.165, 1.54) is 72.1 Å². The van der Waals surface area contributed by atoms with E-state index in [0.717, 1.165) is 18.5 Å². The molecule has 1 atom stereocenters. The zero-order valence-corrected chi connectivity index (χ0v) is 27.1. The van der Waals surface area contributed by atoms with Crippen LogP contribution in [0.4, 0.5) is 11.4 Å². The van der Waals surface area contributed by atoms with Gasteiger partial charge in [0.25, 0.3) is 0 Å². The molecule has 2 heteroatoms. The topological polar surface area (TPSA) is 8.17 Å². The maximum Gasteiger partial charge on any atom is 0.0619 e. The lowest BCUT2D eigenvalue weighted by atomic mass is 9.85. The zero-order chi connectivity index (χ0) is 32.0. The molecule has 1 unspecified atom stereocenters. The monoisotopic (exact) mass is 616 g/mol. The first-order chi connectivity index (χ1) is 23.7. The van der Waals surface area contributed by atoms with Gasteiger partial charge in [0.05, 0.1) is 11.0 Å². The average molecular weight is 617 g/mol. The SMILES string of the molecule is CN(c1ccc(-c2cccc3c4ccccc4n(-c4ccccc4)c23)cc1)c1ccc2c(c1)-c1ccccc1CCC2c1ccccc1. The third-order valence-corrected chi connectivity index (χ3v) is 10.3. The molecule has 7 aromatic carbocycles. The molecule has 0 bridgehead atoms. The van der Waals surface area contributed by atoms with Crippen molar-refractivity contribution in [3.63, 3.8) is 0 Å². The van der Waals surface area contributed by atoms with Gasteiger partial charge in [0.1, 0.15) is 0 Å². The summed E-state index contributed by atoms with van der Waals surface area (Å²) in [6.07, 6.45) is 2.19. The molecule has 0 N–H and O–H groups in total. The number of aryl methyl sites for hydroxylation is 1. The highest BCUT2D eigenvalue weighted by molar-refractivity contribution is 6.13. The molecule has 0 aliphatic heterocycles. The van der Waals surface area contributed by atoms with Gasteiger partial charge in [-0.25, -0.2) is 0 Å². The molecule has 0 saturated heterocycles. The first-order valence-corrected chi connectivity index (χ1v) is 16.9. The van der Waals surface area contributed by atoms with Gasteiger partial charge >= 0.3 is 0 Å². The molecule has 0 spiro atoms. The van der Waals surface area contributed by atoms with E-state index in [1.54, 1.807) is 0 Å². The van der Waals surface area contributed by atoms with Crippen LogP contribution in [0, 0.1) is 0 Å². The van der Waals surface area contributed by atoms with E-state index >= 15 is 0 Å². The highest BCUT2D eigenvalue weighted by Gasteiger charge is 2.24. The van der Waals surface area contributed by atoms with Gasteiger partial charge in [-0.05, 0) is 88.7 Å². The molecule has 0 radical (unpaired) electrons. The van der Waals surface area contributed by atoms with Gasteiger partial charge in [0.15, 0.2) is 0 Å². The first kappa shape index (κ1) is 28.4. The zero-order valence-electron chi connectivity index (χ0n) is 27.1. The number of fused-ring (bicyclic) bond motifs is 6. The average Bonchev–Trinajstić information content (AvgIpc) is 3.41. The summed E-state index contributed by atoms with van der Waals surface area (Å²) in [5.41, 5.74) is 15.4. The van der Waals surface area contributed by atoms with Crippen LogP contribution in [-0.4, -0.2) is 11.6 Å². The number of para-hydroxylation sites is 3. The largest absolute Gasteiger partial charge is 0.345 e. The first-order valence-electron chi connectivity index (χ1n) is 16.9. The minimum Gasteiger partial charge on any atom is -0.345 e. The number of benzene rings is 7. The van der Waals surface area contributed by atoms with E-state index in [0.29, 0.717) is 5.92 Å². The van der Waals surface area contributed by atoms with Gasteiger partial charge in [-0.15, -0.1) is 0 Å². The lowest BCUT2D eigenvalue weighted by molar-refractivity contribution is 0.726. The van der Waals surface area contributed by atoms with E-state index < -0.39 is 0 Å². The summed E-state index contributed by atoms with van der Waals surface area (Å²) < 4.78 is 2.41. The van der Waals surface area contributed by atoms with Crippen molar-refractivity contribution in [3.05, 3.63) is 187 Å². The highest BCUT2D eigenvalue weighted by atomic mass is 15.1. The Balaban J connectivity index is 1.12. The van der Waals surface area contributed by atoms with E-state index in [4.69, 9.17) is 0 Å². The van der Waals surface area contributed by atoms with Crippen LogP contribution >= 0.6 is 0 Å². The Hall–Kier alpha value is -5.86. The van der Waals surface area contributed by atoms with Crippen LogP contribution in [0.25, 0.3) is 49.7 Å². The lowest BCUT2D eigenvalue weighted by Crippen LogP contribution is -2.10. The van der Waals surface area contributed by atoms with Gasteiger partial charge < -0.3 is 9.47 Å². The van der Waals surface area contributed by atoms with Gasteiger partial charge in [-0.2, -0.15) is 0 Å². The van der Waals surface area contributed by atoms with Gasteiger partial charge in [0.2, 0.25) is 0 Å². The summed E-state index contributed by atoms with van der Waals surface area (Å²) in [5.74, 6) is 0.376. The van der Waals surface area contributed by atoms with Crippen molar-refractivity contribution in [1.29, 1.82) is 0 Å². The fraction of sp³-hybridized carbons (Fsp3) is 0.0870.